The molecule has 0 aliphatic carbocycles. The van der Waals surface area contributed by atoms with Gasteiger partial charge in [0, 0.05) is 142 Å². The van der Waals surface area contributed by atoms with E-state index in [4.69, 9.17) is 141 Å². The molecule has 0 saturated carbocycles. The smallest absolute Gasteiger partial charge is 0.360 e. The molecular formula is C88H182ClIN8O33S. The molecule has 1 atom stereocenters. The van der Waals surface area contributed by atoms with Crippen molar-refractivity contribution in [3.8, 4) is 5.75 Å². The molecule has 41 nitrogen and oxygen atoms in total. The van der Waals surface area contributed by atoms with Crippen molar-refractivity contribution < 1.29 is 157 Å². The van der Waals surface area contributed by atoms with E-state index >= 15 is 0 Å². The Morgan fingerprint density at radius 3 is 1.05 bits per heavy atom. The summed E-state index contributed by atoms with van der Waals surface area (Å²) in [7, 11) is 13.0. The van der Waals surface area contributed by atoms with Crippen molar-refractivity contribution in [3.05, 3.63) is 116 Å². The lowest BCUT2D eigenvalue weighted by Gasteiger charge is -2.10. The zero-order chi connectivity index (χ0) is 92.1. The van der Waals surface area contributed by atoms with Gasteiger partial charge in [-0.1, -0.05) is 106 Å². The van der Waals surface area contributed by atoms with E-state index in [0.717, 1.165) is 41.6 Å². The number of aliphatic hydroxyl groups excluding tert-OH is 5. The van der Waals surface area contributed by atoms with Crippen LogP contribution in [-0.4, -0.2) is 426 Å². The molecule has 4 aromatic heterocycles. The number of esters is 1. The van der Waals surface area contributed by atoms with Gasteiger partial charge in [-0.25, -0.2) is 24.7 Å². The monoisotopic (exact) mass is 2070 g/mol. The first-order chi connectivity index (χ1) is 60.9. The van der Waals surface area contributed by atoms with Gasteiger partial charge in [-0.2, -0.15) is 4.21 Å². The molecule has 0 fully saturated rings. The summed E-state index contributed by atoms with van der Waals surface area (Å²) in [6.07, 6.45) is 18.8. The largest absolute Gasteiger partial charge is 0.460 e. The number of carbonyl (C=O) groups is 1. The maximum atomic E-state index is 11.0. The molecule has 0 amide bonds. The maximum Gasteiger partial charge on any atom is 0.360 e. The predicted molar refractivity (Wildman–Crippen MR) is 526 cm³/mol. The van der Waals surface area contributed by atoms with Crippen LogP contribution in [0.5, 0.6) is 5.75 Å². The molecule has 0 saturated heterocycles. The second-order valence-corrected chi connectivity index (χ2v) is 25.2. The molecular weight excluding hydrogens is 1890 g/mol. The molecule has 6 N–H and O–H groups in total. The first-order valence-corrected chi connectivity index (χ1v) is 43.2. The Morgan fingerprint density at radius 2 is 0.750 bits per heavy atom. The van der Waals surface area contributed by atoms with E-state index in [1.807, 2.05) is 51.3 Å². The van der Waals surface area contributed by atoms with E-state index < -0.39 is 17.3 Å². The summed E-state index contributed by atoms with van der Waals surface area (Å²) >= 11 is 5.82. The Balaban J connectivity index is -0.000000113. The number of imidazole rings is 4. The van der Waals surface area contributed by atoms with E-state index in [1.165, 1.54) is 0 Å². The molecule has 792 valence electrons. The van der Waals surface area contributed by atoms with Gasteiger partial charge < -0.3 is 162 Å². The van der Waals surface area contributed by atoms with Crippen LogP contribution in [0, 0.1) is 6.92 Å². The van der Waals surface area contributed by atoms with E-state index in [1.54, 1.807) is 113 Å². The molecule has 0 bridgehead atoms. The average Bonchev–Trinajstić information content (AvgIpc) is 1.79. The van der Waals surface area contributed by atoms with Gasteiger partial charge in [-0.15, -0.1) is 11.6 Å². The SMILES string of the molecule is C.C.C.C.C.C.C.C.C=CC(=O)OCCOC.COCCO.COCCOCCOCCCl.COCCOCCOCCOCCI.COCCOCCOCCOCCOCc1nccn1CCOCCOCCOC.COCCOCCOCCn1ccnc1.COCCOCCOCCn1ccnc1CO.Cc1ccc(OS(=O)OCCO)cc1.OCCO.c1c[nH]cn1. The van der Waals surface area contributed by atoms with Gasteiger partial charge in [0.05, 0.1) is 290 Å². The Bertz CT molecular complexity index is 2710. The van der Waals surface area contributed by atoms with Crippen LogP contribution in [0.3, 0.4) is 0 Å². The third-order valence-corrected chi connectivity index (χ3v) is 14.6. The number of methoxy groups -OCH3 is 8. The highest BCUT2D eigenvalue weighted by molar-refractivity contribution is 14.1. The minimum Gasteiger partial charge on any atom is -0.460 e. The molecule has 0 spiro atoms. The van der Waals surface area contributed by atoms with E-state index in [9.17, 15) is 9.00 Å². The normalized spacial score (nSPS) is 9.97. The fourth-order valence-electron chi connectivity index (χ4n) is 7.30. The third-order valence-electron chi connectivity index (χ3n) is 13.3. The van der Waals surface area contributed by atoms with E-state index in [0.29, 0.717) is 275 Å². The van der Waals surface area contributed by atoms with Gasteiger partial charge in [0.1, 0.15) is 37.2 Å². The van der Waals surface area contributed by atoms with Crippen LogP contribution < -0.4 is 4.18 Å². The molecule has 1 unspecified atom stereocenters. The lowest BCUT2D eigenvalue weighted by Crippen LogP contribution is -2.14. The number of aromatic nitrogens is 8. The number of rotatable bonds is 73. The highest BCUT2D eigenvalue weighted by atomic mass is 127. The summed E-state index contributed by atoms with van der Waals surface area (Å²) in [6, 6.07) is 7.10. The van der Waals surface area contributed by atoms with Crippen molar-refractivity contribution in [1.29, 1.82) is 0 Å². The van der Waals surface area contributed by atoms with Gasteiger partial charge in [0.15, 0.2) is 0 Å². The number of aliphatic hydroxyl groups is 5. The van der Waals surface area contributed by atoms with Crippen LogP contribution in [0.2, 0.25) is 0 Å². The number of H-pyrrole nitrogens is 1. The molecule has 44 heteroatoms. The number of hydrogen-bond donors (Lipinski definition) is 6. The van der Waals surface area contributed by atoms with E-state index in [2.05, 4.69) is 72.5 Å². The number of hydrogen-bond acceptors (Lipinski definition) is 37. The van der Waals surface area contributed by atoms with Crippen LogP contribution in [0.4, 0.5) is 0 Å². The molecule has 4 heterocycles. The highest BCUT2D eigenvalue weighted by Crippen LogP contribution is 2.13. The Labute approximate surface area is 814 Å². The molecule has 0 aliphatic rings. The summed E-state index contributed by atoms with van der Waals surface area (Å²) in [5.41, 5.74) is 1.10. The minimum atomic E-state index is -1.84. The number of ether oxygens (including phenoxy) is 24. The molecule has 0 radical (unpaired) electrons. The second kappa shape index (κ2) is 141. The number of aryl methyl sites for hydroxylation is 1. The first kappa shape index (κ1) is 155. The first-order valence-electron chi connectivity index (χ1n) is 40.1. The summed E-state index contributed by atoms with van der Waals surface area (Å²) in [6.45, 7) is 29.7. The van der Waals surface area contributed by atoms with Crippen LogP contribution in [0.15, 0.2) is 99.1 Å². The van der Waals surface area contributed by atoms with Gasteiger partial charge >= 0.3 is 17.3 Å². The third kappa shape index (κ3) is 131. The van der Waals surface area contributed by atoms with Gasteiger partial charge in [0.2, 0.25) is 0 Å². The van der Waals surface area contributed by atoms with E-state index in [-0.39, 0.29) is 99.1 Å². The standard InChI is InChI=1S/C20H38N2O8.C11H20N2O4.C10H18N2O3.C9H19IO4.C9H12O4S.C7H15ClO3.C6H10O3.C3H4N2.C3H8O2.C2H6O2.8CH4/c1-23-7-9-26-12-11-25-6-5-22-4-3-21-20(22)19-30-18-17-29-16-15-28-14-13-27-10-8-24-2;1-15-6-7-17-9-8-16-5-4-13-3-2-12-11(13)10-14;1-13-6-7-15-9-8-14-5-4-12-3-2-11-10-12;1-11-4-5-13-8-9-14-7-6-12-3-2-10;1-8-2-4-9(5-3-8)13-14(11)12-7-6-10;1-9-4-5-11-7-6-10-3-2-8;1-3-6(7)9-5-4-8-2;1-2-5-3-4-1;1-5-3-2-4;3-1-2-4;;;;;;;;/h3-4H,5-19H2,1-2H3;2-3,14H,4-10H2,1H3;2-3,10H,4-9H2,1H3;2-9H2,1H3;2-5,10H,6-7H2,1H3;2-7H2,1H3;3H,1,4-5H2,2H3;1-3H,(H,4,5);4H,2-3H2,1H3;3-4H,1-2H2;8*1H4. The minimum absolute atomic E-state index is 0. The van der Waals surface area contributed by atoms with Crippen molar-refractivity contribution in [2.24, 2.45) is 0 Å². The Morgan fingerprint density at radius 1 is 0.409 bits per heavy atom. The highest BCUT2D eigenvalue weighted by Gasteiger charge is 2.06. The maximum absolute atomic E-state index is 11.0. The summed E-state index contributed by atoms with van der Waals surface area (Å²) in [5.74, 6) is 2.13. The number of benzene rings is 1. The quantitative estimate of drug-likeness (QED) is 0.00695. The number of nitrogens with one attached hydrogen (secondary N) is 1. The lowest BCUT2D eigenvalue weighted by molar-refractivity contribution is -0.138. The van der Waals surface area contributed by atoms with Crippen LogP contribution in [-0.2, 0) is 167 Å². The van der Waals surface area contributed by atoms with Crippen molar-refractivity contribution >= 4 is 51.5 Å². The summed E-state index contributed by atoms with van der Waals surface area (Å²) in [5, 5.41) is 40.6. The number of carbonyl (C=O) groups excluding carboxylic acids is 1. The topological polar surface area (TPSA) is 457 Å². The summed E-state index contributed by atoms with van der Waals surface area (Å²) < 4.78 is 150. The second-order valence-electron chi connectivity index (χ2n) is 22.9. The average molecular weight is 2070 g/mol. The fraction of sp³-hybridized carbons (Fsp3) is 0.761. The van der Waals surface area contributed by atoms with Crippen molar-refractivity contribution in [2.75, 3.05) is 351 Å². The molecule has 0 aliphatic heterocycles. The van der Waals surface area contributed by atoms with Crippen LogP contribution >= 0.6 is 34.2 Å². The molecule has 132 heavy (non-hydrogen) atoms. The van der Waals surface area contributed by atoms with Crippen molar-refractivity contribution in [3.63, 3.8) is 0 Å². The lowest BCUT2D eigenvalue weighted by atomic mass is 10.2. The Hall–Kier alpha value is -4.92. The number of aromatic amines is 1. The zero-order valence-electron chi connectivity index (χ0n) is 74.7. The number of nitrogens with zero attached hydrogens (tertiary/aromatic N) is 7. The van der Waals surface area contributed by atoms with Gasteiger partial charge in [0.25, 0.3) is 0 Å². The molecule has 5 rings (SSSR count). The van der Waals surface area contributed by atoms with Gasteiger partial charge in [-0.3, -0.25) is 4.18 Å². The summed E-state index contributed by atoms with van der Waals surface area (Å²) in [4.78, 5) is 29.0. The van der Waals surface area contributed by atoms with Crippen molar-refractivity contribution in [1.82, 2.24) is 38.6 Å². The fourth-order valence-corrected chi connectivity index (χ4v) is 8.25. The number of alkyl halides is 2. The van der Waals surface area contributed by atoms with Gasteiger partial charge in [-0.05, 0) is 19.1 Å². The Kier molecular flexibility index (Phi) is 166. The molecule has 5 aromatic rings. The predicted octanol–water partition coefficient (Wildman–Crippen LogP) is 8.83. The zero-order valence-corrected chi connectivity index (χ0v) is 78.4. The van der Waals surface area contributed by atoms with Crippen molar-refractivity contribution in [2.45, 2.75) is 99.2 Å². The van der Waals surface area contributed by atoms with Crippen LogP contribution in [0.25, 0.3) is 0 Å². The van der Waals surface area contributed by atoms with Crippen LogP contribution in [0.1, 0.15) is 76.6 Å². The number of halogens is 2. The molecule has 1 aromatic carbocycles.